The summed E-state index contributed by atoms with van der Waals surface area (Å²) in [5, 5.41) is 14.0. The van der Waals surface area contributed by atoms with Crippen molar-refractivity contribution in [2.45, 2.75) is 32.7 Å². The number of carbonyl (C=O) groups excluding carboxylic acids is 1. The number of amides is 1. The monoisotopic (exact) mass is 289 g/mol. The predicted molar refractivity (Wildman–Crippen MR) is 72.1 cm³/mol. The molecule has 2 N–H and O–H groups in total. The molecule has 4 nitrogen and oxygen atoms in total. The average Bonchev–Trinajstić information content (AvgIpc) is 2.68. The molecule has 100 valence electrons. The number of halogens is 1. The van der Waals surface area contributed by atoms with Crippen molar-refractivity contribution in [2.24, 2.45) is 5.92 Å². The van der Waals surface area contributed by atoms with Crippen molar-refractivity contribution in [3.63, 3.8) is 0 Å². The van der Waals surface area contributed by atoms with Crippen molar-refractivity contribution in [3.05, 3.63) is 21.3 Å². The first-order valence-electron chi connectivity index (χ1n) is 5.65. The molecule has 1 amide bonds. The normalized spacial score (nSPS) is 12.4. The lowest BCUT2D eigenvalue weighted by Crippen LogP contribution is -2.44. The van der Waals surface area contributed by atoms with Crippen LogP contribution in [-0.2, 0) is 16.0 Å². The number of hydrogen-bond donors (Lipinski definition) is 2. The first-order chi connectivity index (χ1) is 8.40. The van der Waals surface area contributed by atoms with Crippen LogP contribution in [0.4, 0.5) is 0 Å². The molecule has 0 unspecified atom stereocenters. The van der Waals surface area contributed by atoms with Gasteiger partial charge in [-0.25, -0.2) is 4.79 Å². The van der Waals surface area contributed by atoms with Crippen molar-refractivity contribution in [1.29, 1.82) is 0 Å². The van der Waals surface area contributed by atoms with Crippen molar-refractivity contribution in [1.82, 2.24) is 5.32 Å². The van der Waals surface area contributed by atoms with Crippen LogP contribution >= 0.6 is 22.9 Å². The van der Waals surface area contributed by atoms with Gasteiger partial charge < -0.3 is 10.4 Å². The van der Waals surface area contributed by atoms with Crippen LogP contribution in [-0.4, -0.2) is 23.0 Å². The first-order valence-corrected chi connectivity index (χ1v) is 6.91. The number of aliphatic carboxylic acids is 1. The van der Waals surface area contributed by atoms with Gasteiger partial charge in [0.1, 0.15) is 6.04 Å². The maximum absolute atomic E-state index is 11.6. The molecule has 0 radical (unpaired) electrons. The molecule has 18 heavy (non-hydrogen) atoms. The minimum Gasteiger partial charge on any atom is -0.480 e. The SMILES string of the molecule is CC(C)[C@H](NC(=O)CCc1cc(Cl)cs1)C(=O)O. The number of aryl methyl sites for hydroxylation is 1. The van der Waals surface area contributed by atoms with Crippen LogP contribution in [0.1, 0.15) is 25.1 Å². The maximum atomic E-state index is 11.6. The average molecular weight is 290 g/mol. The molecular weight excluding hydrogens is 274 g/mol. The molecule has 0 saturated heterocycles. The molecule has 0 aliphatic rings. The van der Waals surface area contributed by atoms with Crippen LogP contribution in [0.25, 0.3) is 0 Å². The van der Waals surface area contributed by atoms with Crippen LogP contribution in [0, 0.1) is 5.92 Å². The Bertz CT molecular complexity index is 431. The summed E-state index contributed by atoms with van der Waals surface area (Å²) in [5.74, 6) is -1.39. The summed E-state index contributed by atoms with van der Waals surface area (Å²) >= 11 is 7.27. The van der Waals surface area contributed by atoms with E-state index in [-0.39, 0.29) is 18.2 Å². The minimum absolute atomic E-state index is 0.136. The molecule has 6 heteroatoms. The number of carboxylic acids is 1. The quantitative estimate of drug-likeness (QED) is 0.846. The van der Waals surface area contributed by atoms with E-state index in [9.17, 15) is 9.59 Å². The van der Waals surface area contributed by atoms with E-state index in [1.807, 2.05) is 11.4 Å². The van der Waals surface area contributed by atoms with Gasteiger partial charge in [0.2, 0.25) is 5.91 Å². The summed E-state index contributed by atoms with van der Waals surface area (Å²) in [5.41, 5.74) is 0. The fourth-order valence-corrected chi connectivity index (χ4v) is 2.56. The first kappa shape index (κ1) is 15.0. The number of nitrogens with one attached hydrogen (secondary N) is 1. The molecular formula is C12H16ClNO3S. The second-order valence-corrected chi connectivity index (χ2v) is 5.79. The lowest BCUT2D eigenvalue weighted by molar-refractivity contribution is -0.143. The Hall–Kier alpha value is -1.07. The summed E-state index contributed by atoms with van der Waals surface area (Å²) < 4.78 is 0. The third-order valence-corrected chi connectivity index (χ3v) is 3.81. The number of carboxylic acid groups (broad SMARTS) is 1. The Morgan fingerprint density at radius 3 is 2.61 bits per heavy atom. The molecule has 1 rings (SSSR count). The largest absolute Gasteiger partial charge is 0.480 e. The molecule has 1 aromatic rings. The molecule has 1 aromatic heterocycles. The second-order valence-electron chi connectivity index (χ2n) is 4.36. The molecule has 0 aliphatic heterocycles. The van der Waals surface area contributed by atoms with Crippen molar-refractivity contribution >= 4 is 34.8 Å². The van der Waals surface area contributed by atoms with Gasteiger partial charge in [-0.15, -0.1) is 11.3 Å². The lowest BCUT2D eigenvalue weighted by atomic mass is 10.0. The summed E-state index contributed by atoms with van der Waals surface area (Å²) in [4.78, 5) is 23.6. The summed E-state index contributed by atoms with van der Waals surface area (Å²) in [6.45, 7) is 3.52. The van der Waals surface area contributed by atoms with E-state index in [0.29, 0.717) is 11.4 Å². The zero-order valence-corrected chi connectivity index (χ0v) is 11.8. The highest BCUT2D eigenvalue weighted by atomic mass is 35.5. The minimum atomic E-state index is -1.00. The molecule has 0 aliphatic carbocycles. The highest BCUT2D eigenvalue weighted by Gasteiger charge is 2.23. The predicted octanol–water partition coefficient (Wildman–Crippen LogP) is 2.56. The molecule has 0 aromatic carbocycles. The summed E-state index contributed by atoms with van der Waals surface area (Å²) in [7, 11) is 0. The fraction of sp³-hybridized carbons (Fsp3) is 0.500. The van der Waals surface area contributed by atoms with E-state index >= 15 is 0 Å². The number of rotatable bonds is 6. The van der Waals surface area contributed by atoms with E-state index in [4.69, 9.17) is 16.7 Å². The van der Waals surface area contributed by atoms with Gasteiger partial charge in [-0.1, -0.05) is 25.4 Å². The molecule has 0 bridgehead atoms. The highest BCUT2D eigenvalue weighted by Crippen LogP contribution is 2.20. The van der Waals surface area contributed by atoms with Crippen molar-refractivity contribution in [2.75, 3.05) is 0 Å². The summed E-state index contributed by atoms with van der Waals surface area (Å²) in [6, 6.07) is 0.987. The van der Waals surface area contributed by atoms with Crippen LogP contribution in [0.5, 0.6) is 0 Å². The second kappa shape index (κ2) is 6.75. The van der Waals surface area contributed by atoms with E-state index < -0.39 is 12.0 Å². The van der Waals surface area contributed by atoms with Crippen molar-refractivity contribution in [3.8, 4) is 0 Å². The fourth-order valence-electron chi connectivity index (χ4n) is 1.48. The smallest absolute Gasteiger partial charge is 0.326 e. The Morgan fingerprint density at radius 2 is 2.17 bits per heavy atom. The third-order valence-electron chi connectivity index (χ3n) is 2.47. The molecule has 0 spiro atoms. The van der Waals surface area contributed by atoms with Gasteiger partial charge in [0.25, 0.3) is 0 Å². The number of thiophene rings is 1. The number of carbonyl (C=O) groups is 2. The van der Waals surface area contributed by atoms with E-state index in [0.717, 1.165) is 4.88 Å². The molecule has 0 saturated carbocycles. The van der Waals surface area contributed by atoms with E-state index in [2.05, 4.69) is 5.32 Å². The zero-order chi connectivity index (χ0) is 13.7. The zero-order valence-electron chi connectivity index (χ0n) is 10.3. The van der Waals surface area contributed by atoms with Gasteiger partial charge >= 0.3 is 5.97 Å². The van der Waals surface area contributed by atoms with Crippen LogP contribution in [0.3, 0.4) is 0 Å². The Balaban J connectivity index is 2.43. The molecule has 1 atom stereocenters. The summed E-state index contributed by atoms with van der Waals surface area (Å²) in [6.07, 6.45) is 0.848. The maximum Gasteiger partial charge on any atom is 0.326 e. The third kappa shape index (κ3) is 4.66. The van der Waals surface area contributed by atoms with Gasteiger partial charge in [-0.05, 0) is 18.4 Å². The van der Waals surface area contributed by atoms with E-state index in [1.54, 1.807) is 13.8 Å². The Morgan fingerprint density at radius 1 is 1.50 bits per heavy atom. The van der Waals surface area contributed by atoms with E-state index in [1.165, 1.54) is 11.3 Å². The topological polar surface area (TPSA) is 66.4 Å². The lowest BCUT2D eigenvalue weighted by Gasteiger charge is -2.17. The molecule has 1 heterocycles. The van der Waals surface area contributed by atoms with Crippen LogP contribution in [0.15, 0.2) is 11.4 Å². The van der Waals surface area contributed by atoms with Crippen LogP contribution < -0.4 is 5.32 Å². The van der Waals surface area contributed by atoms with Gasteiger partial charge in [0, 0.05) is 16.7 Å². The van der Waals surface area contributed by atoms with Gasteiger partial charge in [-0.3, -0.25) is 4.79 Å². The van der Waals surface area contributed by atoms with Gasteiger partial charge in [-0.2, -0.15) is 0 Å². The molecule has 0 fully saturated rings. The van der Waals surface area contributed by atoms with Gasteiger partial charge in [0.15, 0.2) is 0 Å². The van der Waals surface area contributed by atoms with Crippen molar-refractivity contribution < 1.29 is 14.7 Å². The van der Waals surface area contributed by atoms with Crippen LogP contribution in [0.2, 0.25) is 5.02 Å². The number of hydrogen-bond acceptors (Lipinski definition) is 3. The standard InChI is InChI=1S/C12H16ClNO3S/c1-7(2)11(12(16)17)14-10(15)4-3-9-5-8(13)6-18-9/h5-7,11H,3-4H2,1-2H3,(H,14,15)(H,16,17)/t11-/m0/s1. The Labute approximate surface area is 115 Å². The Kier molecular flexibility index (Phi) is 5.62. The highest BCUT2D eigenvalue weighted by molar-refractivity contribution is 7.10. The van der Waals surface area contributed by atoms with Gasteiger partial charge in [0.05, 0.1) is 5.02 Å².